The van der Waals surface area contributed by atoms with Gasteiger partial charge in [-0.25, -0.2) is 18.3 Å². The number of hydrogen-bond donors (Lipinski definition) is 1. The Balaban J connectivity index is 1.55. The van der Waals surface area contributed by atoms with Crippen molar-refractivity contribution in [3.63, 3.8) is 0 Å². The molecular formula is C16H11F2N5O3. The summed E-state index contributed by atoms with van der Waals surface area (Å²) >= 11 is 0. The van der Waals surface area contributed by atoms with Crippen molar-refractivity contribution in [2.75, 3.05) is 11.9 Å². The Kier molecular flexibility index (Phi) is 4.92. The third-order valence-electron chi connectivity index (χ3n) is 3.26. The van der Waals surface area contributed by atoms with Crippen molar-refractivity contribution in [2.45, 2.75) is 0 Å². The van der Waals surface area contributed by atoms with Crippen LogP contribution in [0.3, 0.4) is 0 Å². The fraction of sp³-hybridized carbons (Fsp3) is 0.0625. The van der Waals surface area contributed by atoms with Crippen LogP contribution in [0.1, 0.15) is 10.4 Å². The second kappa shape index (κ2) is 7.47. The molecule has 0 spiro atoms. The van der Waals surface area contributed by atoms with E-state index < -0.39 is 30.1 Å². The minimum absolute atomic E-state index is 0.210. The molecule has 1 N–H and O–H groups in total. The molecule has 0 aliphatic heterocycles. The highest BCUT2D eigenvalue weighted by Crippen LogP contribution is 2.15. The molecule has 8 nitrogen and oxygen atoms in total. The first-order valence-corrected chi connectivity index (χ1v) is 7.28. The quantitative estimate of drug-likeness (QED) is 0.697. The van der Waals surface area contributed by atoms with Crippen molar-refractivity contribution in [1.29, 1.82) is 0 Å². The summed E-state index contributed by atoms with van der Waals surface area (Å²) in [6.45, 7) is -0.621. The normalized spacial score (nSPS) is 10.4. The fourth-order valence-electron chi connectivity index (χ4n) is 2.02. The molecule has 0 radical (unpaired) electrons. The van der Waals surface area contributed by atoms with Crippen molar-refractivity contribution in [3.8, 4) is 5.69 Å². The molecule has 0 aliphatic rings. The van der Waals surface area contributed by atoms with Gasteiger partial charge in [0.25, 0.3) is 5.91 Å². The maximum absolute atomic E-state index is 13.5. The lowest BCUT2D eigenvalue weighted by molar-refractivity contribution is -0.119. The molecular weight excluding hydrogens is 348 g/mol. The minimum Gasteiger partial charge on any atom is -0.452 e. The molecule has 0 bridgehead atoms. The summed E-state index contributed by atoms with van der Waals surface area (Å²) in [7, 11) is 0. The molecule has 0 unspecified atom stereocenters. The van der Waals surface area contributed by atoms with Gasteiger partial charge >= 0.3 is 5.97 Å². The predicted octanol–water partition coefficient (Wildman–Crippen LogP) is 1.74. The first kappa shape index (κ1) is 17.1. The summed E-state index contributed by atoms with van der Waals surface area (Å²) in [6.07, 6.45) is 1.40. The lowest BCUT2D eigenvalue weighted by atomic mass is 10.2. The van der Waals surface area contributed by atoms with E-state index in [0.717, 1.165) is 12.1 Å². The van der Waals surface area contributed by atoms with E-state index >= 15 is 0 Å². The van der Waals surface area contributed by atoms with E-state index in [1.807, 2.05) is 0 Å². The molecule has 3 rings (SSSR count). The second-order valence-electron chi connectivity index (χ2n) is 5.05. The Morgan fingerprint density at radius 2 is 1.88 bits per heavy atom. The number of amides is 1. The first-order valence-electron chi connectivity index (χ1n) is 7.28. The van der Waals surface area contributed by atoms with E-state index in [1.165, 1.54) is 23.1 Å². The zero-order valence-corrected chi connectivity index (χ0v) is 13.1. The average molecular weight is 359 g/mol. The SMILES string of the molecule is O=C(COC(=O)c1ccc(-n2cnnn2)cc1)Nc1ccc(F)cc1F. The molecule has 0 saturated carbocycles. The summed E-state index contributed by atoms with van der Waals surface area (Å²) in [5, 5.41) is 12.9. The summed E-state index contributed by atoms with van der Waals surface area (Å²) in [6, 6.07) is 8.86. The van der Waals surface area contributed by atoms with Crippen LogP contribution in [0.5, 0.6) is 0 Å². The maximum atomic E-state index is 13.5. The number of carbonyl (C=O) groups excluding carboxylic acids is 2. The molecule has 1 aromatic heterocycles. The van der Waals surface area contributed by atoms with Gasteiger partial charge in [-0.05, 0) is 46.8 Å². The van der Waals surface area contributed by atoms with Crippen LogP contribution < -0.4 is 5.32 Å². The molecule has 0 atom stereocenters. The predicted molar refractivity (Wildman–Crippen MR) is 84.4 cm³/mol. The van der Waals surface area contributed by atoms with Crippen molar-refractivity contribution < 1.29 is 23.1 Å². The minimum atomic E-state index is -0.928. The van der Waals surface area contributed by atoms with Crippen molar-refractivity contribution in [3.05, 3.63) is 66.0 Å². The largest absolute Gasteiger partial charge is 0.452 e. The Bertz CT molecular complexity index is 930. The highest BCUT2D eigenvalue weighted by molar-refractivity contribution is 5.95. The van der Waals surface area contributed by atoms with E-state index in [9.17, 15) is 18.4 Å². The standard InChI is InChI=1S/C16H11F2N5O3/c17-11-3-6-14(13(18)7-11)20-15(24)8-26-16(25)10-1-4-12(5-2-10)23-9-19-21-22-23/h1-7,9H,8H2,(H,20,24). The van der Waals surface area contributed by atoms with E-state index in [2.05, 4.69) is 20.8 Å². The van der Waals surface area contributed by atoms with Gasteiger partial charge in [-0.15, -0.1) is 5.10 Å². The molecule has 0 saturated heterocycles. The number of benzene rings is 2. The Morgan fingerprint density at radius 1 is 1.12 bits per heavy atom. The second-order valence-corrected chi connectivity index (χ2v) is 5.05. The number of carbonyl (C=O) groups is 2. The lowest BCUT2D eigenvalue weighted by Gasteiger charge is -2.08. The molecule has 1 heterocycles. The Morgan fingerprint density at radius 3 is 2.54 bits per heavy atom. The number of ether oxygens (including phenoxy) is 1. The molecule has 3 aromatic rings. The molecule has 26 heavy (non-hydrogen) atoms. The molecule has 0 fully saturated rings. The smallest absolute Gasteiger partial charge is 0.338 e. The van der Waals surface area contributed by atoms with Gasteiger partial charge in [0.05, 0.1) is 16.9 Å². The van der Waals surface area contributed by atoms with E-state index in [1.54, 1.807) is 12.1 Å². The van der Waals surface area contributed by atoms with Crippen LogP contribution in [-0.2, 0) is 9.53 Å². The number of rotatable bonds is 5. The zero-order chi connectivity index (χ0) is 18.5. The van der Waals surface area contributed by atoms with Gasteiger partial charge in [0.2, 0.25) is 0 Å². The Hall–Kier alpha value is -3.69. The van der Waals surface area contributed by atoms with Crippen LogP contribution in [0.15, 0.2) is 48.8 Å². The van der Waals surface area contributed by atoms with Crippen LogP contribution in [0.25, 0.3) is 5.69 Å². The maximum Gasteiger partial charge on any atom is 0.338 e. The van der Waals surface area contributed by atoms with Crippen LogP contribution >= 0.6 is 0 Å². The van der Waals surface area contributed by atoms with Gasteiger partial charge in [-0.3, -0.25) is 4.79 Å². The van der Waals surface area contributed by atoms with Crippen LogP contribution in [0.2, 0.25) is 0 Å². The number of nitrogens with zero attached hydrogens (tertiary/aromatic N) is 4. The number of hydrogen-bond acceptors (Lipinski definition) is 6. The van der Waals surface area contributed by atoms with Crippen molar-refractivity contribution in [1.82, 2.24) is 20.2 Å². The van der Waals surface area contributed by atoms with Crippen LogP contribution in [-0.4, -0.2) is 38.7 Å². The van der Waals surface area contributed by atoms with Gasteiger partial charge in [-0.1, -0.05) is 0 Å². The third kappa shape index (κ3) is 4.04. The van der Waals surface area contributed by atoms with Gasteiger partial charge in [-0.2, -0.15) is 0 Å². The highest BCUT2D eigenvalue weighted by atomic mass is 19.1. The molecule has 132 valence electrons. The zero-order valence-electron chi connectivity index (χ0n) is 13.1. The molecule has 0 aliphatic carbocycles. The lowest BCUT2D eigenvalue weighted by Crippen LogP contribution is -2.21. The van der Waals surface area contributed by atoms with Crippen molar-refractivity contribution >= 4 is 17.6 Å². The fourth-order valence-corrected chi connectivity index (χ4v) is 2.02. The number of halogens is 2. The molecule has 10 heteroatoms. The van der Waals surface area contributed by atoms with Crippen LogP contribution in [0.4, 0.5) is 14.5 Å². The van der Waals surface area contributed by atoms with E-state index in [-0.39, 0.29) is 11.3 Å². The number of nitrogens with one attached hydrogen (secondary N) is 1. The Labute approximate surface area is 145 Å². The average Bonchev–Trinajstić information content (AvgIpc) is 3.17. The van der Waals surface area contributed by atoms with Gasteiger partial charge in [0.1, 0.15) is 18.0 Å². The number of anilines is 1. The van der Waals surface area contributed by atoms with E-state index in [0.29, 0.717) is 11.8 Å². The summed E-state index contributed by atoms with van der Waals surface area (Å²) in [5.74, 6) is -3.18. The van der Waals surface area contributed by atoms with Gasteiger partial charge < -0.3 is 10.1 Å². The molecule has 2 aromatic carbocycles. The molecule has 1 amide bonds. The highest BCUT2D eigenvalue weighted by Gasteiger charge is 2.12. The number of esters is 1. The van der Waals surface area contributed by atoms with Gasteiger partial charge in [0.15, 0.2) is 6.61 Å². The number of aromatic nitrogens is 4. The first-order chi connectivity index (χ1) is 12.5. The third-order valence-corrected chi connectivity index (χ3v) is 3.26. The summed E-state index contributed by atoms with van der Waals surface area (Å²) in [4.78, 5) is 23.7. The summed E-state index contributed by atoms with van der Waals surface area (Å²) < 4.78 is 32.5. The topological polar surface area (TPSA) is 99.0 Å². The van der Waals surface area contributed by atoms with E-state index in [4.69, 9.17) is 4.74 Å². The van der Waals surface area contributed by atoms with Crippen molar-refractivity contribution in [2.24, 2.45) is 0 Å². The van der Waals surface area contributed by atoms with Crippen LogP contribution in [0, 0.1) is 11.6 Å². The summed E-state index contributed by atoms with van der Waals surface area (Å²) in [5.41, 5.74) is 0.636. The number of tetrazole rings is 1. The van der Waals surface area contributed by atoms with Gasteiger partial charge in [0, 0.05) is 6.07 Å². The monoisotopic (exact) mass is 359 g/mol.